The average Bonchev–Trinajstić information content (AvgIpc) is 2.59. The summed E-state index contributed by atoms with van der Waals surface area (Å²) in [5.74, 6) is -0.287. The molecule has 4 amide bonds. The molecule has 2 N–H and O–H groups in total. The molecular formula is C14H23N3O3. The van der Waals surface area contributed by atoms with Crippen molar-refractivity contribution in [3.63, 3.8) is 0 Å². The molecule has 1 saturated heterocycles. The van der Waals surface area contributed by atoms with E-state index < -0.39 is 5.54 Å². The zero-order valence-electron chi connectivity index (χ0n) is 12.2. The first-order valence-corrected chi connectivity index (χ1v) is 7.38. The van der Waals surface area contributed by atoms with Gasteiger partial charge in [-0.25, -0.2) is 4.79 Å². The summed E-state index contributed by atoms with van der Waals surface area (Å²) in [6.07, 6.45) is 4.63. The molecular weight excluding hydrogens is 258 g/mol. The molecule has 1 saturated carbocycles. The molecule has 1 heterocycles. The Bertz CT molecular complexity index is 414. The minimum atomic E-state index is -0.691. The van der Waals surface area contributed by atoms with Crippen LogP contribution < -0.4 is 10.6 Å². The van der Waals surface area contributed by atoms with E-state index in [2.05, 4.69) is 10.6 Å². The Morgan fingerprint density at radius 3 is 2.55 bits per heavy atom. The molecule has 1 spiro atoms. The van der Waals surface area contributed by atoms with Crippen LogP contribution in [0.15, 0.2) is 0 Å². The predicted molar refractivity (Wildman–Crippen MR) is 74.0 cm³/mol. The van der Waals surface area contributed by atoms with E-state index in [0.29, 0.717) is 12.8 Å². The van der Waals surface area contributed by atoms with Crippen LogP contribution in [0.4, 0.5) is 4.79 Å². The summed E-state index contributed by atoms with van der Waals surface area (Å²) >= 11 is 0. The van der Waals surface area contributed by atoms with E-state index in [-0.39, 0.29) is 36.9 Å². The smallest absolute Gasteiger partial charge is 0.325 e. The first kappa shape index (κ1) is 14.8. The number of rotatable bonds is 4. The fourth-order valence-corrected chi connectivity index (χ4v) is 2.98. The van der Waals surface area contributed by atoms with Gasteiger partial charge in [0.15, 0.2) is 0 Å². The number of hydrogen-bond donors (Lipinski definition) is 2. The molecule has 0 aromatic heterocycles. The van der Waals surface area contributed by atoms with Crippen molar-refractivity contribution in [3.05, 3.63) is 0 Å². The maximum absolute atomic E-state index is 12.4. The third kappa shape index (κ3) is 2.94. The first-order valence-electron chi connectivity index (χ1n) is 7.38. The second-order valence-electron chi connectivity index (χ2n) is 6.00. The number of imide groups is 1. The molecule has 20 heavy (non-hydrogen) atoms. The lowest BCUT2D eigenvalue weighted by molar-refractivity contribution is -0.132. The van der Waals surface area contributed by atoms with E-state index in [4.69, 9.17) is 0 Å². The molecule has 1 aliphatic carbocycles. The van der Waals surface area contributed by atoms with Gasteiger partial charge in [-0.3, -0.25) is 14.5 Å². The van der Waals surface area contributed by atoms with E-state index in [0.717, 1.165) is 19.3 Å². The summed E-state index contributed by atoms with van der Waals surface area (Å²) in [6, 6.07) is -0.287. The maximum atomic E-state index is 12.4. The number of amides is 4. The number of carbonyl (C=O) groups is 3. The van der Waals surface area contributed by atoms with Crippen LogP contribution >= 0.6 is 0 Å². The Hall–Kier alpha value is -1.59. The lowest BCUT2D eigenvalue weighted by Gasteiger charge is -2.30. The molecule has 0 aromatic carbocycles. The van der Waals surface area contributed by atoms with Crippen molar-refractivity contribution in [2.75, 3.05) is 6.54 Å². The third-order valence-electron chi connectivity index (χ3n) is 3.97. The summed E-state index contributed by atoms with van der Waals surface area (Å²) < 4.78 is 0. The van der Waals surface area contributed by atoms with Crippen molar-refractivity contribution < 1.29 is 14.4 Å². The highest BCUT2D eigenvalue weighted by Gasteiger charge is 2.50. The highest BCUT2D eigenvalue weighted by Crippen LogP contribution is 2.33. The van der Waals surface area contributed by atoms with Crippen molar-refractivity contribution >= 4 is 17.8 Å². The Balaban J connectivity index is 1.94. The highest BCUT2D eigenvalue weighted by atomic mass is 16.2. The van der Waals surface area contributed by atoms with Gasteiger partial charge in [0.1, 0.15) is 5.54 Å². The van der Waals surface area contributed by atoms with Crippen molar-refractivity contribution in [2.45, 2.75) is 64.0 Å². The molecule has 0 unspecified atom stereocenters. The average molecular weight is 281 g/mol. The van der Waals surface area contributed by atoms with Gasteiger partial charge in [0.05, 0.1) is 0 Å². The summed E-state index contributed by atoms with van der Waals surface area (Å²) in [7, 11) is 0. The number of nitrogens with zero attached hydrogens (tertiary/aromatic N) is 1. The number of carbonyl (C=O) groups excluding carboxylic acids is 3. The van der Waals surface area contributed by atoms with Crippen molar-refractivity contribution in [3.8, 4) is 0 Å². The molecule has 2 fully saturated rings. The molecule has 0 atom stereocenters. The second kappa shape index (κ2) is 5.81. The Labute approximate surface area is 119 Å². The zero-order valence-corrected chi connectivity index (χ0v) is 12.2. The molecule has 2 rings (SSSR count). The third-order valence-corrected chi connectivity index (χ3v) is 3.97. The lowest BCUT2D eigenvalue weighted by Crippen LogP contribution is -2.48. The van der Waals surface area contributed by atoms with Gasteiger partial charge >= 0.3 is 6.03 Å². The highest BCUT2D eigenvalue weighted by molar-refractivity contribution is 6.07. The molecule has 112 valence electrons. The minimum absolute atomic E-state index is 0.0651. The number of hydrogen-bond acceptors (Lipinski definition) is 3. The Morgan fingerprint density at radius 2 is 1.95 bits per heavy atom. The predicted octanol–water partition coefficient (Wildman–Crippen LogP) is 1.16. The number of urea groups is 1. The SMILES string of the molecule is CC(C)NC(=O)CCN1C(=O)NC2(CCCCC2)C1=O. The second-order valence-corrected chi connectivity index (χ2v) is 6.00. The first-order chi connectivity index (χ1) is 9.44. The van der Waals surface area contributed by atoms with Gasteiger partial charge in [-0.05, 0) is 26.7 Å². The number of nitrogens with one attached hydrogen (secondary N) is 2. The van der Waals surface area contributed by atoms with E-state index in [1.807, 2.05) is 13.8 Å². The van der Waals surface area contributed by atoms with Gasteiger partial charge in [-0.1, -0.05) is 19.3 Å². The van der Waals surface area contributed by atoms with Gasteiger partial charge in [0.25, 0.3) is 5.91 Å². The normalized spacial score (nSPS) is 21.4. The molecule has 6 heteroatoms. The maximum Gasteiger partial charge on any atom is 0.325 e. The van der Waals surface area contributed by atoms with Crippen LogP contribution in [0.2, 0.25) is 0 Å². The summed E-state index contributed by atoms with van der Waals surface area (Å²) in [4.78, 5) is 37.2. The summed E-state index contributed by atoms with van der Waals surface area (Å²) in [5, 5.41) is 5.60. The summed E-state index contributed by atoms with van der Waals surface area (Å²) in [5.41, 5.74) is -0.691. The van der Waals surface area contributed by atoms with Gasteiger partial charge in [-0.2, -0.15) is 0 Å². The molecule has 0 bridgehead atoms. The van der Waals surface area contributed by atoms with Crippen molar-refractivity contribution in [2.24, 2.45) is 0 Å². The molecule has 0 aromatic rings. The minimum Gasteiger partial charge on any atom is -0.354 e. The van der Waals surface area contributed by atoms with Crippen LogP contribution in [-0.4, -0.2) is 40.9 Å². The Morgan fingerprint density at radius 1 is 1.30 bits per heavy atom. The fraction of sp³-hybridized carbons (Fsp3) is 0.786. The molecule has 0 radical (unpaired) electrons. The standard InChI is InChI=1S/C14H23N3O3/c1-10(2)15-11(18)6-9-17-12(19)14(16-13(17)20)7-4-3-5-8-14/h10H,3-9H2,1-2H3,(H,15,18)(H,16,20). The van der Waals surface area contributed by atoms with Crippen LogP contribution in [0.5, 0.6) is 0 Å². The van der Waals surface area contributed by atoms with Gasteiger partial charge in [0.2, 0.25) is 5.91 Å². The van der Waals surface area contributed by atoms with E-state index in [1.54, 1.807) is 0 Å². The zero-order chi connectivity index (χ0) is 14.8. The van der Waals surface area contributed by atoms with Crippen LogP contribution in [-0.2, 0) is 9.59 Å². The van der Waals surface area contributed by atoms with Crippen LogP contribution in [0.1, 0.15) is 52.4 Å². The van der Waals surface area contributed by atoms with Gasteiger partial charge in [0, 0.05) is 19.0 Å². The van der Waals surface area contributed by atoms with Crippen molar-refractivity contribution in [1.29, 1.82) is 0 Å². The van der Waals surface area contributed by atoms with Crippen LogP contribution in [0.3, 0.4) is 0 Å². The van der Waals surface area contributed by atoms with E-state index in [1.165, 1.54) is 4.90 Å². The van der Waals surface area contributed by atoms with Crippen LogP contribution in [0, 0.1) is 0 Å². The van der Waals surface area contributed by atoms with E-state index >= 15 is 0 Å². The Kier molecular flexibility index (Phi) is 4.30. The molecule has 1 aliphatic heterocycles. The lowest BCUT2D eigenvalue weighted by atomic mass is 9.82. The fourth-order valence-electron chi connectivity index (χ4n) is 2.98. The van der Waals surface area contributed by atoms with Gasteiger partial charge < -0.3 is 10.6 Å². The monoisotopic (exact) mass is 281 g/mol. The quantitative estimate of drug-likeness (QED) is 0.759. The largest absolute Gasteiger partial charge is 0.354 e. The van der Waals surface area contributed by atoms with Gasteiger partial charge in [-0.15, -0.1) is 0 Å². The summed E-state index contributed by atoms with van der Waals surface area (Å²) in [6.45, 7) is 3.91. The van der Waals surface area contributed by atoms with Crippen LogP contribution in [0.25, 0.3) is 0 Å². The van der Waals surface area contributed by atoms with Crippen molar-refractivity contribution in [1.82, 2.24) is 15.5 Å². The molecule has 6 nitrogen and oxygen atoms in total. The van der Waals surface area contributed by atoms with E-state index in [9.17, 15) is 14.4 Å². The topological polar surface area (TPSA) is 78.5 Å². The molecule has 2 aliphatic rings.